The Morgan fingerprint density at radius 1 is 1.00 bits per heavy atom. The zero-order valence-corrected chi connectivity index (χ0v) is 16.4. The minimum atomic E-state index is -0.934. The van der Waals surface area contributed by atoms with Gasteiger partial charge in [0, 0.05) is 12.6 Å². The molecule has 156 valence electrons. The molecular weight excluding hydrogens is 390 g/mol. The molecule has 30 heavy (non-hydrogen) atoms. The average molecular weight is 411 g/mol. The highest BCUT2D eigenvalue weighted by Gasteiger charge is 2.18. The molecule has 2 aromatic carbocycles. The third-order valence-corrected chi connectivity index (χ3v) is 4.54. The van der Waals surface area contributed by atoms with Crippen LogP contribution in [0.4, 0.5) is 0 Å². The summed E-state index contributed by atoms with van der Waals surface area (Å²) in [4.78, 5) is 24.3. The van der Waals surface area contributed by atoms with Crippen LogP contribution < -0.4 is 24.3 Å². The average Bonchev–Trinajstić information content (AvgIpc) is 3.23. The van der Waals surface area contributed by atoms with E-state index in [0.717, 1.165) is 11.1 Å². The SMILES string of the molecule is C[C@H](OC(=O)/C=C/c1ccc2c(c1)OCCO2)C(=O)NCc1ccc2c(c1)OCO2. The molecule has 2 aliphatic rings. The third kappa shape index (κ3) is 4.65. The van der Waals surface area contributed by atoms with Gasteiger partial charge in [0.2, 0.25) is 6.79 Å². The van der Waals surface area contributed by atoms with Crippen LogP contribution in [0.1, 0.15) is 18.1 Å². The topological polar surface area (TPSA) is 92.3 Å². The molecule has 8 heteroatoms. The van der Waals surface area contributed by atoms with Crippen LogP contribution in [0.25, 0.3) is 6.08 Å². The van der Waals surface area contributed by atoms with E-state index in [9.17, 15) is 9.59 Å². The molecule has 0 saturated carbocycles. The first kappa shape index (κ1) is 19.6. The number of carbonyl (C=O) groups is 2. The van der Waals surface area contributed by atoms with Crippen molar-refractivity contribution in [2.45, 2.75) is 19.6 Å². The fourth-order valence-electron chi connectivity index (χ4n) is 2.98. The summed E-state index contributed by atoms with van der Waals surface area (Å²) in [6.45, 7) is 3.00. The number of ether oxygens (including phenoxy) is 5. The van der Waals surface area contributed by atoms with Gasteiger partial charge in [0.15, 0.2) is 29.1 Å². The highest BCUT2D eigenvalue weighted by molar-refractivity contribution is 5.90. The molecule has 2 aromatic rings. The van der Waals surface area contributed by atoms with E-state index in [1.54, 1.807) is 36.4 Å². The summed E-state index contributed by atoms with van der Waals surface area (Å²) in [5, 5.41) is 2.74. The molecule has 1 amide bonds. The molecule has 0 spiro atoms. The Morgan fingerprint density at radius 3 is 2.57 bits per heavy atom. The summed E-state index contributed by atoms with van der Waals surface area (Å²) in [6.07, 6.45) is 1.93. The lowest BCUT2D eigenvalue weighted by Crippen LogP contribution is -2.35. The number of amides is 1. The van der Waals surface area contributed by atoms with Crippen molar-refractivity contribution in [3.8, 4) is 23.0 Å². The molecule has 0 aliphatic carbocycles. The van der Waals surface area contributed by atoms with Gasteiger partial charge in [0.05, 0.1) is 0 Å². The molecule has 0 bridgehead atoms. The van der Waals surface area contributed by atoms with E-state index in [1.165, 1.54) is 13.0 Å². The van der Waals surface area contributed by atoms with Gasteiger partial charge in [0.25, 0.3) is 5.91 Å². The van der Waals surface area contributed by atoms with Gasteiger partial charge < -0.3 is 29.0 Å². The maximum Gasteiger partial charge on any atom is 0.331 e. The van der Waals surface area contributed by atoms with Crippen molar-refractivity contribution < 1.29 is 33.3 Å². The van der Waals surface area contributed by atoms with Gasteiger partial charge in [-0.15, -0.1) is 0 Å². The van der Waals surface area contributed by atoms with E-state index in [1.807, 2.05) is 6.07 Å². The van der Waals surface area contributed by atoms with Crippen molar-refractivity contribution in [2.24, 2.45) is 0 Å². The molecule has 4 rings (SSSR count). The molecule has 0 saturated heterocycles. The van der Waals surface area contributed by atoms with Crippen LogP contribution >= 0.6 is 0 Å². The lowest BCUT2D eigenvalue weighted by atomic mass is 10.2. The second kappa shape index (κ2) is 8.77. The zero-order valence-electron chi connectivity index (χ0n) is 16.4. The van der Waals surface area contributed by atoms with Crippen molar-refractivity contribution in [1.29, 1.82) is 0 Å². The molecule has 2 aliphatic heterocycles. The number of fused-ring (bicyclic) bond motifs is 2. The van der Waals surface area contributed by atoms with E-state index in [2.05, 4.69) is 5.32 Å². The summed E-state index contributed by atoms with van der Waals surface area (Å²) in [7, 11) is 0. The Labute approximate surface area is 173 Å². The van der Waals surface area contributed by atoms with Crippen LogP contribution in [0.2, 0.25) is 0 Å². The third-order valence-electron chi connectivity index (χ3n) is 4.54. The molecule has 8 nitrogen and oxygen atoms in total. The lowest BCUT2D eigenvalue weighted by Gasteiger charge is -2.18. The number of rotatable bonds is 6. The van der Waals surface area contributed by atoms with Crippen molar-refractivity contribution in [1.82, 2.24) is 5.32 Å². The van der Waals surface area contributed by atoms with Gasteiger partial charge in [-0.1, -0.05) is 12.1 Å². The van der Waals surface area contributed by atoms with Gasteiger partial charge >= 0.3 is 5.97 Å². The Balaban J connectivity index is 1.26. The lowest BCUT2D eigenvalue weighted by molar-refractivity contribution is -0.150. The number of hydrogen-bond donors (Lipinski definition) is 1. The monoisotopic (exact) mass is 411 g/mol. The summed E-state index contributed by atoms with van der Waals surface area (Å²) in [5.41, 5.74) is 1.61. The van der Waals surface area contributed by atoms with Crippen molar-refractivity contribution in [3.05, 3.63) is 53.6 Å². The molecule has 1 atom stereocenters. The second-order valence-corrected chi connectivity index (χ2v) is 6.72. The smallest absolute Gasteiger partial charge is 0.331 e. The minimum Gasteiger partial charge on any atom is -0.486 e. The highest BCUT2D eigenvalue weighted by atomic mass is 16.7. The summed E-state index contributed by atoms with van der Waals surface area (Å²) >= 11 is 0. The standard InChI is InChI=1S/C22H21NO7/c1-14(22(25)23-12-16-3-6-18-20(11-16)29-13-28-18)30-21(24)7-4-15-2-5-17-19(10-15)27-9-8-26-17/h2-7,10-11,14H,8-9,12-13H2,1H3,(H,23,25)/b7-4+/t14-/m0/s1. The molecular formula is C22H21NO7. The largest absolute Gasteiger partial charge is 0.486 e. The maximum atomic E-state index is 12.2. The highest BCUT2D eigenvalue weighted by Crippen LogP contribution is 2.32. The molecule has 0 unspecified atom stereocenters. The van der Waals surface area contributed by atoms with Gasteiger partial charge in [0.1, 0.15) is 13.2 Å². The summed E-state index contributed by atoms with van der Waals surface area (Å²) < 4.78 is 26.7. The summed E-state index contributed by atoms with van der Waals surface area (Å²) in [5.74, 6) is 1.62. The second-order valence-electron chi connectivity index (χ2n) is 6.72. The number of nitrogens with one attached hydrogen (secondary N) is 1. The van der Waals surface area contributed by atoms with Crippen LogP contribution in [-0.4, -0.2) is 38.0 Å². The first-order chi connectivity index (χ1) is 14.6. The molecule has 0 radical (unpaired) electrons. The number of benzene rings is 2. The van der Waals surface area contributed by atoms with E-state index in [-0.39, 0.29) is 13.3 Å². The van der Waals surface area contributed by atoms with Gasteiger partial charge in [-0.05, 0) is 48.4 Å². The quantitative estimate of drug-likeness (QED) is 0.577. The number of esters is 1. The van der Waals surface area contributed by atoms with E-state index < -0.39 is 18.0 Å². The van der Waals surface area contributed by atoms with Gasteiger partial charge in [-0.2, -0.15) is 0 Å². The number of carbonyl (C=O) groups excluding carboxylic acids is 2. The Morgan fingerprint density at radius 2 is 1.70 bits per heavy atom. The Bertz CT molecular complexity index is 985. The zero-order chi connectivity index (χ0) is 20.9. The first-order valence-electron chi connectivity index (χ1n) is 9.53. The van der Waals surface area contributed by atoms with Gasteiger partial charge in [-0.3, -0.25) is 4.79 Å². The number of hydrogen-bond acceptors (Lipinski definition) is 7. The molecule has 0 aromatic heterocycles. The van der Waals surface area contributed by atoms with Gasteiger partial charge in [-0.25, -0.2) is 4.79 Å². The van der Waals surface area contributed by atoms with Crippen LogP contribution in [-0.2, 0) is 20.9 Å². The van der Waals surface area contributed by atoms with Crippen LogP contribution in [0.3, 0.4) is 0 Å². The van der Waals surface area contributed by atoms with Crippen LogP contribution in [0.15, 0.2) is 42.5 Å². The Kier molecular flexibility index (Phi) is 5.74. The predicted molar refractivity (Wildman–Crippen MR) is 106 cm³/mol. The normalized spacial score (nSPS) is 15.0. The fraction of sp³-hybridized carbons (Fsp3) is 0.273. The van der Waals surface area contributed by atoms with Crippen molar-refractivity contribution in [2.75, 3.05) is 20.0 Å². The van der Waals surface area contributed by atoms with Crippen molar-refractivity contribution >= 4 is 18.0 Å². The van der Waals surface area contributed by atoms with Crippen LogP contribution in [0.5, 0.6) is 23.0 Å². The van der Waals surface area contributed by atoms with Crippen LogP contribution in [0, 0.1) is 0 Å². The van der Waals surface area contributed by atoms with Crippen molar-refractivity contribution in [3.63, 3.8) is 0 Å². The van der Waals surface area contributed by atoms with E-state index >= 15 is 0 Å². The Hall–Kier alpha value is -3.68. The van der Waals surface area contributed by atoms with E-state index in [0.29, 0.717) is 36.2 Å². The first-order valence-corrected chi connectivity index (χ1v) is 9.53. The fourth-order valence-corrected chi connectivity index (χ4v) is 2.98. The minimum absolute atomic E-state index is 0.192. The maximum absolute atomic E-state index is 12.2. The molecule has 1 N–H and O–H groups in total. The predicted octanol–water partition coefficient (Wildman–Crippen LogP) is 2.45. The molecule has 0 fully saturated rings. The van der Waals surface area contributed by atoms with E-state index in [4.69, 9.17) is 23.7 Å². The molecule has 2 heterocycles. The summed E-state index contributed by atoms with van der Waals surface area (Å²) in [6, 6.07) is 10.8.